The Hall–Kier alpha value is -3.08. The van der Waals surface area contributed by atoms with Gasteiger partial charge in [0.1, 0.15) is 11.6 Å². The lowest BCUT2D eigenvalue weighted by atomic mass is 10.1. The lowest BCUT2D eigenvalue weighted by molar-refractivity contribution is -0.274. The topological polar surface area (TPSA) is 53.3 Å². The predicted molar refractivity (Wildman–Crippen MR) is 85.7 cm³/mol. The molecule has 2 aromatic rings. The van der Waals surface area contributed by atoms with Crippen molar-refractivity contribution in [1.29, 1.82) is 5.26 Å². The summed E-state index contributed by atoms with van der Waals surface area (Å²) in [4.78, 5) is 13.5. The number of halogens is 4. The summed E-state index contributed by atoms with van der Waals surface area (Å²) in [5.74, 6) is -1.37. The Balaban J connectivity index is 2.28. The number of nitriles is 1. The molecule has 0 unspecified atom stereocenters. The molecule has 26 heavy (non-hydrogen) atoms. The molecule has 4 nitrogen and oxygen atoms in total. The van der Waals surface area contributed by atoms with Crippen LogP contribution in [0, 0.1) is 17.1 Å². The summed E-state index contributed by atoms with van der Waals surface area (Å²) in [6.07, 6.45) is -4.66. The Morgan fingerprint density at radius 1 is 1.19 bits per heavy atom. The zero-order valence-corrected chi connectivity index (χ0v) is 13.7. The van der Waals surface area contributed by atoms with Crippen LogP contribution in [0.2, 0.25) is 0 Å². The van der Waals surface area contributed by atoms with Crippen molar-refractivity contribution in [2.24, 2.45) is 0 Å². The SMILES string of the molecule is CCC(=O)N(Cc1ccc(OC(F)(F)F)cc1)c1cc(F)cc(C#N)c1. The van der Waals surface area contributed by atoms with Crippen molar-refractivity contribution >= 4 is 11.6 Å². The average Bonchev–Trinajstić information content (AvgIpc) is 2.58. The molecule has 0 spiro atoms. The van der Waals surface area contributed by atoms with Gasteiger partial charge < -0.3 is 9.64 Å². The van der Waals surface area contributed by atoms with Crippen molar-refractivity contribution in [3.05, 3.63) is 59.4 Å². The van der Waals surface area contributed by atoms with Crippen molar-refractivity contribution < 1.29 is 27.1 Å². The van der Waals surface area contributed by atoms with E-state index in [-0.39, 0.29) is 35.9 Å². The van der Waals surface area contributed by atoms with E-state index in [9.17, 15) is 22.4 Å². The highest BCUT2D eigenvalue weighted by atomic mass is 19.4. The molecule has 0 bridgehead atoms. The van der Waals surface area contributed by atoms with E-state index in [0.717, 1.165) is 24.3 Å². The molecule has 2 aromatic carbocycles. The first-order chi connectivity index (χ1) is 12.2. The van der Waals surface area contributed by atoms with Gasteiger partial charge in [0.2, 0.25) is 5.91 Å². The molecule has 1 amide bonds. The van der Waals surface area contributed by atoms with E-state index in [1.807, 2.05) is 6.07 Å². The second kappa shape index (κ2) is 7.87. The van der Waals surface area contributed by atoms with E-state index in [1.54, 1.807) is 6.92 Å². The number of ether oxygens (including phenoxy) is 1. The van der Waals surface area contributed by atoms with Gasteiger partial charge in [0.05, 0.1) is 18.2 Å². The summed E-state index contributed by atoms with van der Waals surface area (Å²) < 4.78 is 54.1. The van der Waals surface area contributed by atoms with Crippen LogP contribution in [0.1, 0.15) is 24.5 Å². The Labute approximate surface area is 147 Å². The molecule has 0 aromatic heterocycles. The van der Waals surface area contributed by atoms with Crippen LogP contribution in [0.3, 0.4) is 0 Å². The molecule has 136 valence electrons. The van der Waals surface area contributed by atoms with Crippen LogP contribution in [0.25, 0.3) is 0 Å². The molecule has 0 saturated heterocycles. The van der Waals surface area contributed by atoms with Crippen LogP contribution in [-0.2, 0) is 11.3 Å². The summed E-state index contributed by atoms with van der Waals surface area (Å²) in [5.41, 5.74) is 0.774. The van der Waals surface area contributed by atoms with Crippen molar-refractivity contribution in [3.63, 3.8) is 0 Å². The third kappa shape index (κ3) is 5.21. The minimum atomic E-state index is -4.79. The Kier molecular flexibility index (Phi) is 5.82. The van der Waals surface area contributed by atoms with Gasteiger partial charge in [-0.3, -0.25) is 4.79 Å². The van der Waals surface area contributed by atoms with E-state index in [1.165, 1.54) is 23.1 Å². The van der Waals surface area contributed by atoms with Gasteiger partial charge in [-0.1, -0.05) is 19.1 Å². The van der Waals surface area contributed by atoms with Gasteiger partial charge >= 0.3 is 6.36 Å². The summed E-state index contributed by atoms with van der Waals surface area (Å²) in [6, 6.07) is 10.4. The predicted octanol–water partition coefficient (Wildman–Crippen LogP) is 4.54. The Bertz CT molecular complexity index is 827. The number of rotatable bonds is 5. The number of amides is 1. The maximum absolute atomic E-state index is 13.7. The molecule has 2 rings (SSSR count). The first-order valence-electron chi connectivity index (χ1n) is 7.57. The summed E-state index contributed by atoms with van der Waals surface area (Å²) in [6.45, 7) is 1.63. The van der Waals surface area contributed by atoms with Crippen LogP contribution < -0.4 is 9.64 Å². The van der Waals surface area contributed by atoms with Gasteiger partial charge in [0, 0.05) is 12.1 Å². The smallest absolute Gasteiger partial charge is 0.406 e. The molecule has 8 heteroatoms. The first kappa shape index (κ1) is 19.2. The lowest BCUT2D eigenvalue weighted by Crippen LogP contribution is -2.29. The molecule has 0 heterocycles. The quantitative estimate of drug-likeness (QED) is 0.730. The van der Waals surface area contributed by atoms with E-state index >= 15 is 0 Å². The number of hydrogen-bond acceptors (Lipinski definition) is 3. The number of benzene rings is 2. The van der Waals surface area contributed by atoms with Crippen LogP contribution >= 0.6 is 0 Å². The molecular weight excluding hydrogens is 352 g/mol. The highest BCUT2D eigenvalue weighted by molar-refractivity contribution is 5.93. The van der Waals surface area contributed by atoms with Gasteiger partial charge in [0.15, 0.2) is 0 Å². The van der Waals surface area contributed by atoms with Crippen molar-refractivity contribution in [2.75, 3.05) is 4.90 Å². The van der Waals surface area contributed by atoms with E-state index in [2.05, 4.69) is 4.74 Å². The molecule has 0 aliphatic rings. The third-order valence-electron chi connectivity index (χ3n) is 3.42. The fourth-order valence-electron chi connectivity index (χ4n) is 2.29. The highest BCUT2D eigenvalue weighted by Crippen LogP contribution is 2.25. The second-order valence-electron chi connectivity index (χ2n) is 5.34. The third-order valence-corrected chi connectivity index (χ3v) is 3.42. The monoisotopic (exact) mass is 366 g/mol. The highest BCUT2D eigenvalue weighted by Gasteiger charge is 2.31. The number of hydrogen-bond donors (Lipinski definition) is 0. The minimum Gasteiger partial charge on any atom is -0.406 e. The zero-order chi connectivity index (χ0) is 19.3. The second-order valence-corrected chi connectivity index (χ2v) is 5.34. The molecule has 0 saturated carbocycles. The maximum Gasteiger partial charge on any atom is 0.573 e. The molecule has 0 fully saturated rings. The number of alkyl halides is 3. The van der Waals surface area contributed by atoms with E-state index in [0.29, 0.717) is 5.56 Å². The molecule has 0 atom stereocenters. The van der Waals surface area contributed by atoms with E-state index in [4.69, 9.17) is 5.26 Å². The fraction of sp³-hybridized carbons (Fsp3) is 0.222. The fourth-order valence-corrected chi connectivity index (χ4v) is 2.29. The number of carbonyl (C=O) groups excluding carboxylic acids is 1. The Morgan fingerprint density at radius 2 is 1.85 bits per heavy atom. The van der Waals surface area contributed by atoms with Crippen LogP contribution in [0.4, 0.5) is 23.2 Å². The average molecular weight is 366 g/mol. The molecular formula is C18H14F4N2O2. The molecule has 0 aliphatic heterocycles. The van der Waals surface area contributed by atoms with Crippen molar-refractivity contribution in [3.8, 4) is 11.8 Å². The van der Waals surface area contributed by atoms with Crippen molar-refractivity contribution in [2.45, 2.75) is 26.3 Å². The van der Waals surface area contributed by atoms with Gasteiger partial charge in [-0.25, -0.2) is 4.39 Å². The summed E-state index contributed by atoms with van der Waals surface area (Å²) in [5, 5.41) is 8.95. The Morgan fingerprint density at radius 3 is 2.38 bits per heavy atom. The standard InChI is InChI=1S/C18H14F4N2O2/c1-2-17(25)24(15-8-13(10-23)7-14(19)9-15)11-12-3-5-16(6-4-12)26-18(20,21)22/h3-9H,2,11H2,1H3. The zero-order valence-electron chi connectivity index (χ0n) is 13.7. The number of anilines is 1. The van der Waals surface area contributed by atoms with Crippen LogP contribution in [0.5, 0.6) is 5.75 Å². The van der Waals surface area contributed by atoms with Gasteiger partial charge in [-0.2, -0.15) is 5.26 Å². The largest absolute Gasteiger partial charge is 0.573 e. The maximum atomic E-state index is 13.7. The minimum absolute atomic E-state index is 0.00724. The van der Waals surface area contributed by atoms with E-state index < -0.39 is 12.2 Å². The van der Waals surface area contributed by atoms with Gasteiger partial charge in [-0.05, 0) is 35.9 Å². The van der Waals surface area contributed by atoms with Crippen LogP contribution in [-0.4, -0.2) is 12.3 Å². The van der Waals surface area contributed by atoms with Gasteiger partial charge in [-0.15, -0.1) is 13.2 Å². The first-order valence-corrected chi connectivity index (χ1v) is 7.57. The van der Waals surface area contributed by atoms with Gasteiger partial charge in [0.25, 0.3) is 0 Å². The summed E-state index contributed by atoms with van der Waals surface area (Å²) >= 11 is 0. The lowest BCUT2D eigenvalue weighted by Gasteiger charge is -2.23. The number of nitrogens with zero attached hydrogens (tertiary/aromatic N) is 2. The molecule has 0 aliphatic carbocycles. The summed E-state index contributed by atoms with van der Waals surface area (Å²) in [7, 11) is 0. The molecule has 0 N–H and O–H groups in total. The van der Waals surface area contributed by atoms with Crippen molar-refractivity contribution in [1.82, 2.24) is 0 Å². The number of carbonyl (C=O) groups is 1. The molecule has 0 radical (unpaired) electrons. The van der Waals surface area contributed by atoms with Crippen LogP contribution in [0.15, 0.2) is 42.5 Å². The normalized spacial score (nSPS) is 10.9.